The average Bonchev–Trinajstić information content (AvgIpc) is 2.83. The van der Waals surface area contributed by atoms with E-state index >= 15 is 0 Å². The van der Waals surface area contributed by atoms with Crippen LogP contribution in [-0.2, 0) is 19.6 Å². The molecule has 10 heteroatoms. The zero-order valence-electron chi connectivity index (χ0n) is 19.3. The van der Waals surface area contributed by atoms with Crippen LogP contribution in [0.1, 0.15) is 45.4 Å². The fourth-order valence-corrected chi connectivity index (χ4v) is 6.03. The lowest BCUT2D eigenvalue weighted by molar-refractivity contribution is -0.142. The van der Waals surface area contributed by atoms with E-state index in [-0.39, 0.29) is 41.6 Å². The first kappa shape index (κ1) is 25.6. The van der Waals surface area contributed by atoms with Crippen LogP contribution in [0, 0.1) is 23.5 Å². The highest BCUT2D eigenvalue weighted by atomic mass is 32.2. The van der Waals surface area contributed by atoms with Crippen LogP contribution in [-0.4, -0.2) is 74.1 Å². The Bertz CT molecular complexity index is 956. The second kappa shape index (κ2) is 10.9. The summed E-state index contributed by atoms with van der Waals surface area (Å²) in [4.78, 5) is 28.9. The van der Waals surface area contributed by atoms with Crippen molar-refractivity contribution in [2.75, 3.05) is 39.8 Å². The second-order valence-corrected chi connectivity index (χ2v) is 10.9. The topological polar surface area (TPSA) is 78.0 Å². The van der Waals surface area contributed by atoms with Crippen molar-refractivity contribution in [3.05, 3.63) is 29.8 Å². The lowest BCUT2D eigenvalue weighted by atomic mass is 9.92. The summed E-state index contributed by atoms with van der Waals surface area (Å²) in [6, 6.07) is 2.54. The van der Waals surface area contributed by atoms with E-state index in [1.54, 1.807) is 9.80 Å². The molecule has 2 heterocycles. The maximum atomic E-state index is 13.5. The van der Waals surface area contributed by atoms with E-state index in [9.17, 15) is 26.8 Å². The van der Waals surface area contributed by atoms with Gasteiger partial charge in [-0.15, -0.1) is 0 Å². The molecule has 2 saturated heterocycles. The van der Waals surface area contributed by atoms with Gasteiger partial charge in [0, 0.05) is 51.6 Å². The first-order chi connectivity index (χ1) is 15.6. The highest BCUT2D eigenvalue weighted by Crippen LogP contribution is 2.28. The molecule has 1 aromatic carbocycles. The average molecular weight is 486 g/mol. The smallest absolute Gasteiger partial charge is 0.243 e. The minimum Gasteiger partial charge on any atom is -0.346 e. The molecule has 0 saturated carbocycles. The number of unbranched alkanes of at least 4 members (excludes halogenated alkanes) is 1. The Balaban J connectivity index is 1.51. The summed E-state index contributed by atoms with van der Waals surface area (Å²) in [6.07, 6.45) is 4.05. The highest BCUT2D eigenvalue weighted by Gasteiger charge is 2.36. The molecule has 7 nitrogen and oxygen atoms in total. The Morgan fingerprint density at radius 2 is 1.61 bits per heavy atom. The van der Waals surface area contributed by atoms with Gasteiger partial charge in [-0.3, -0.25) is 9.59 Å². The van der Waals surface area contributed by atoms with Crippen molar-refractivity contribution in [2.24, 2.45) is 11.8 Å². The van der Waals surface area contributed by atoms with Gasteiger partial charge in [-0.05, 0) is 50.3 Å². The van der Waals surface area contributed by atoms with Crippen LogP contribution < -0.4 is 0 Å². The van der Waals surface area contributed by atoms with Gasteiger partial charge < -0.3 is 9.80 Å². The summed E-state index contributed by atoms with van der Waals surface area (Å²) >= 11 is 0. The number of hydrogen-bond donors (Lipinski definition) is 0. The number of carbonyl (C=O) groups is 2. The van der Waals surface area contributed by atoms with Crippen molar-refractivity contribution in [1.82, 2.24) is 14.1 Å². The summed E-state index contributed by atoms with van der Waals surface area (Å²) in [7, 11) is -2.12. The van der Waals surface area contributed by atoms with Gasteiger partial charge in [-0.1, -0.05) is 13.3 Å². The van der Waals surface area contributed by atoms with Crippen LogP contribution in [0.25, 0.3) is 0 Å². The molecule has 0 radical (unpaired) electrons. The van der Waals surface area contributed by atoms with Crippen molar-refractivity contribution < 1.29 is 26.8 Å². The Kier molecular flexibility index (Phi) is 8.44. The zero-order valence-corrected chi connectivity index (χ0v) is 20.1. The van der Waals surface area contributed by atoms with Crippen molar-refractivity contribution in [3.63, 3.8) is 0 Å². The van der Waals surface area contributed by atoms with Gasteiger partial charge in [-0.25, -0.2) is 17.2 Å². The van der Waals surface area contributed by atoms with Gasteiger partial charge in [0.1, 0.15) is 0 Å². The second-order valence-electron chi connectivity index (χ2n) is 8.97. The molecule has 1 aromatic rings. The molecule has 0 atom stereocenters. The number of sulfonamides is 1. The van der Waals surface area contributed by atoms with Crippen molar-refractivity contribution >= 4 is 21.8 Å². The number of likely N-dealkylation sites (tertiary alicyclic amines) is 1. The molecule has 2 aliphatic heterocycles. The number of piperidine rings is 2. The largest absolute Gasteiger partial charge is 0.346 e. The number of carbonyl (C=O) groups excluding carboxylic acids is 2. The molecule has 0 aromatic heterocycles. The minimum atomic E-state index is -3.95. The summed E-state index contributed by atoms with van der Waals surface area (Å²) < 4.78 is 53.4. The molecule has 2 aliphatic rings. The molecule has 184 valence electrons. The Labute approximate surface area is 194 Å². The quantitative estimate of drug-likeness (QED) is 0.595. The number of rotatable bonds is 7. The SMILES string of the molecule is CCCCN(C)C(=O)C1CCN(C(=O)C2CCN(S(=O)(=O)c3ccc(F)c(F)c3)CC2)CC1. The maximum Gasteiger partial charge on any atom is 0.243 e. The molecule has 0 N–H and O–H groups in total. The van der Waals surface area contributed by atoms with Gasteiger partial charge in [0.2, 0.25) is 21.8 Å². The van der Waals surface area contributed by atoms with Crippen LogP contribution in [0.3, 0.4) is 0 Å². The van der Waals surface area contributed by atoms with E-state index in [2.05, 4.69) is 6.92 Å². The van der Waals surface area contributed by atoms with E-state index in [0.717, 1.165) is 31.5 Å². The summed E-state index contributed by atoms with van der Waals surface area (Å²) in [5.74, 6) is -2.49. The Morgan fingerprint density at radius 3 is 2.18 bits per heavy atom. The van der Waals surface area contributed by atoms with Crippen molar-refractivity contribution in [2.45, 2.75) is 50.3 Å². The number of hydrogen-bond acceptors (Lipinski definition) is 4. The molecule has 0 aliphatic carbocycles. The van der Waals surface area contributed by atoms with Gasteiger partial charge in [0.05, 0.1) is 4.90 Å². The zero-order chi connectivity index (χ0) is 24.2. The first-order valence-corrected chi connectivity index (χ1v) is 13.1. The van der Waals surface area contributed by atoms with Crippen LogP contribution >= 0.6 is 0 Å². The lowest BCUT2D eigenvalue weighted by Crippen LogP contribution is -2.48. The van der Waals surface area contributed by atoms with E-state index in [1.807, 2.05) is 7.05 Å². The highest BCUT2D eigenvalue weighted by molar-refractivity contribution is 7.89. The predicted octanol–water partition coefficient (Wildman–Crippen LogP) is 2.86. The van der Waals surface area contributed by atoms with Gasteiger partial charge in [0.25, 0.3) is 0 Å². The molecule has 3 rings (SSSR count). The fraction of sp³-hybridized carbons (Fsp3) is 0.652. The molecule has 0 bridgehead atoms. The molecular formula is C23H33F2N3O4S. The van der Waals surface area contributed by atoms with Crippen LogP contribution in [0.15, 0.2) is 23.1 Å². The van der Waals surface area contributed by atoms with Crippen molar-refractivity contribution in [3.8, 4) is 0 Å². The molecule has 2 fully saturated rings. The Morgan fingerprint density at radius 1 is 1.00 bits per heavy atom. The van der Waals surface area contributed by atoms with Crippen LogP contribution in [0.2, 0.25) is 0 Å². The van der Waals surface area contributed by atoms with Crippen LogP contribution in [0.5, 0.6) is 0 Å². The normalized spacial score (nSPS) is 19.0. The van der Waals surface area contributed by atoms with E-state index in [4.69, 9.17) is 0 Å². The maximum absolute atomic E-state index is 13.5. The third-order valence-corrected chi connectivity index (χ3v) is 8.61. The molecular weight excluding hydrogens is 452 g/mol. The van der Waals surface area contributed by atoms with E-state index in [1.165, 1.54) is 4.31 Å². The summed E-state index contributed by atoms with van der Waals surface area (Å²) in [5.41, 5.74) is 0. The molecule has 33 heavy (non-hydrogen) atoms. The number of nitrogens with zero attached hydrogens (tertiary/aromatic N) is 3. The Hall–Kier alpha value is -2.07. The van der Waals surface area contributed by atoms with Gasteiger partial charge in [0.15, 0.2) is 11.6 Å². The number of benzene rings is 1. The summed E-state index contributed by atoms with van der Waals surface area (Å²) in [6.45, 7) is 4.20. The standard InChI is InChI=1S/C23H33F2N3O4S/c1-3-4-11-26(2)22(29)17-7-12-27(13-8-17)23(30)18-9-14-28(15-10-18)33(31,32)19-5-6-20(24)21(25)16-19/h5-6,16-18H,3-4,7-15H2,1-2H3. The third kappa shape index (κ3) is 5.90. The third-order valence-electron chi connectivity index (χ3n) is 6.71. The van der Waals surface area contributed by atoms with E-state index in [0.29, 0.717) is 44.8 Å². The number of halogens is 2. The molecule has 0 spiro atoms. The number of amides is 2. The lowest BCUT2D eigenvalue weighted by Gasteiger charge is -2.37. The minimum absolute atomic E-state index is 0.00473. The van der Waals surface area contributed by atoms with Crippen molar-refractivity contribution in [1.29, 1.82) is 0 Å². The first-order valence-electron chi connectivity index (χ1n) is 11.6. The monoisotopic (exact) mass is 485 g/mol. The van der Waals surface area contributed by atoms with Gasteiger partial charge in [-0.2, -0.15) is 4.31 Å². The molecule has 0 unspecified atom stereocenters. The predicted molar refractivity (Wildman–Crippen MR) is 120 cm³/mol. The van der Waals surface area contributed by atoms with Crippen LogP contribution in [0.4, 0.5) is 8.78 Å². The molecule has 2 amide bonds. The fourth-order valence-electron chi connectivity index (χ4n) is 4.55. The van der Waals surface area contributed by atoms with Gasteiger partial charge >= 0.3 is 0 Å². The van der Waals surface area contributed by atoms with E-state index < -0.39 is 21.7 Å². The summed E-state index contributed by atoms with van der Waals surface area (Å²) in [5, 5.41) is 0.